The molecule has 1 amide bonds. The van der Waals surface area contributed by atoms with E-state index in [9.17, 15) is 15.0 Å². The summed E-state index contributed by atoms with van der Waals surface area (Å²) in [5.41, 5.74) is -1.66. The Kier molecular flexibility index (Phi) is 7.75. The molecule has 4 fully saturated rings. The zero-order valence-corrected chi connectivity index (χ0v) is 23.6. The first-order chi connectivity index (χ1) is 16.3. The third-order valence-electron chi connectivity index (χ3n) is 11.5. The molecule has 5 nitrogen and oxygen atoms in total. The van der Waals surface area contributed by atoms with Crippen LogP contribution in [-0.4, -0.2) is 59.4 Å². The number of aliphatic hydroxyl groups is 2. The van der Waals surface area contributed by atoms with Gasteiger partial charge in [0.05, 0.1) is 6.10 Å². The van der Waals surface area contributed by atoms with Gasteiger partial charge in [0.25, 0.3) is 5.91 Å². The van der Waals surface area contributed by atoms with Crippen molar-refractivity contribution in [3.05, 3.63) is 0 Å². The van der Waals surface area contributed by atoms with Crippen LogP contribution in [0.1, 0.15) is 98.8 Å². The summed E-state index contributed by atoms with van der Waals surface area (Å²) in [7, 11) is 4.19. The van der Waals surface area contributed by atoms with Crippen molar-refractivity contribution in [2.24, 2.45) is 46.3 Å². The predicted molar refractivity (Wildman–Crippen MR) is 142 cm³/mol. The summed E-state index contributed by atoms with van der Waals surface area (Å²) in [6.45, 7) is 12.7. The van der Waals surface area contributed by atoms with Crippen LogP contribution < -0.4 is 5.32 Å². The number of likely N-dealkylation sites (N-methyl/N-ethyl adjacent to an activating group) is 1. The SMILES string of the molecule is CC(C)CCC[C@@H](C)[C@H]1CC[C@H]2[C@@H]3C(CN(C)C)NC(=O)[C@@]4(O)C[C@@H](O)CC[C@]4(C)[C@H]3CC[C@]12C. The molecule has 5 heteroatoms. The summed E-state index contributed by atoms with van der Waals surface area (Å²) in [6.07, 6.45) is 9.80. The van der Waals surface area contributed by atoms with Crippen molar-refractivity contribution in [2.45, 2.75) is 117 Å². The average Bonchev–Trinajstić information content (AvgIpc) is 3.09. The van der Waals surface area contributed by atoms with Gasteiger partial charge in [-0.25, -0.2) is 0 Å². The van der Waals surface area contributed by atoms with Gasteiger partial charge in [-0.1, -0.05) is 53.9 Å². The van der Waals surface area contributed by atoms with Crippen molar-refractivity contribution in [1.82, 2.24) is 10.2 Å². The van der Waals surface area contributed by atoms with Crippen LogP contribution in [0.3, 0.4) is 0 Å². The monoisotopic (exact) mass is 490 g/mol. The van der Waals surface area contributed by atoms with Crippen molar-refractivity contribution < 1.29 is 15.0 Å². The first-order valence-electron chi connectivity index (χ1n) is 14.7. The minimum absolute atomic E-state index is 0.0470. The fraction of sp³-hybridized carbons (Fsp3) is 0.967. The Hall–Kier alpha value is -0.650. The molecule has 1 aliphatic heterocycles. The molecule has 3 saturated carbocycles. The fourth-order valence-electron chi connectivity index (χ4n) is 9.66. The molecule has 1 unspecified atom stereocenters. The number of rotatable bonds is 7. The molecule has 0 aromatic heterocycles. The summed E-state index contributed by atoms with van der Waals surface area (Å²) in [6, 6.07) is 0.0470. The predicted octanol–water partition coefficient (Wildman–Crippen LogP) is 4.85. The third-order valence-corrected chi connectivity index (χ3v) is 11.5. The van der Waals surface area contributed by atoms with Crippen LogP contribution >= 0.6 is 0 Å². The largest absolute Gasteiger partial charge is 0.393 e. The van der Waals surface area contributed by atoms with Gasteiger partial charge in [-0.05, 0) is 93.5 Å². The van der Waals surface area contributed by atoms with E-state index in [0.717, 1.165) is 37.1 Å². The minimum Gasteiger partial charge on any atom is -0.393 e. The number of hydrogen-bond donors (Lipinski definition) is 3. The maximum absolute atomic E-state index is 13.7. The molecular formula is C30H54N2O3. The van der Waals surface area contributed by atoms with E-state index in [1.54, 1.807) is 0 Å². The Labute approximate surface area is 214 Å². The van der Waals surface area contributed by atoms with E-state index in [2.05, 4.69) is 58.9 Å². The Morgan fingerprint density at radius 1 is 1.03 bits per heavy atom. The number of hydrogen-bond acceptors (Lipinski definition) is 4. The first-order valence-corrected chi connectivity index (χ1v) is 14.7. The van der Waals surface area contributed by atoms with Crippen molar-refractivity contribution in [3.63, 3.8) is 0 Å². The van der Waals surface area contributed by atoms with Gasteiger partial charge in [-0.15, -0.1) is 0 Å². The lowest BCUT2D eigenvalue weighted by Gasteiger charge is -2.58. The molecular weight excluding hydrogens is 436 g/mol. The lowest BCUT2D eigenvalue weighted by Crippen LogP contribution is -2.62. The van der Waals surface area contributed by atoms with Gasteiger partial charge in [0, 0.05) is 24.4 Å². The molecule has 1 saturated heterocycles. The van der Waals surface area contributed by atoms with Gasteiger partial charge < -0.3 is 20.4 Å². The van der Waals surface area contributed by atoms with E-state index in [0.29, 0.717) is 29.6 Å². The van der Waals surface area contributed by atoms with Crippen LogP contribution in [0.4, 0.5) is 0 Å². The van der Waals surface area contributed by atoms with Crippen LogP contribution in [0, 0.1) is 46.3 Å². The summed E-state index contributed by atoms with van der Waals surface area (Å²) in [5.74, 6) is 3.29. The molecule has 4 rings (SSSR count). The second-order valence-corrected chi connectivity index (χ2v) is 14.3. The lowest BCUT2D eigenvalue weighted by molar-refractivity contribution is -0.188. The maximum Gasteiger partial charge on any atom is 0.252 e. The van der Waals surface area contributed by atoms with E-state index in [1.165, 1.54) is 38.5 Å². The van der Waals surface area contributed by atoms with E-state index in [1.807, 2.05) is 0 Å². The van der Waals surface area contributed by atoms with Gasteiger partial charge in [0.2, 0.25) is 0 Å². The van der Waals surface area contributed by atoms with Gasteiger partial charge in [0.15, 0.2) is 5.60 Å². The number of amides is 1. The second kappa shape index (κ2) is 9.91. The molecule has 0 aromatic carbocycles. The smallest absolute Gasteiger partial charge is 0.252 e. The molecule has 0 radical (unpaired) electrons. The molecule has 10 atom stereocenters. The van der Waals surface area contributed by atoms with Gasteiger partial charge in [-0.3, -0.25) is 4.79 Å². The number of fused-ring (bicyclic) bond motifs is 5. The van der Waals surface area contributed by atoms with Crippen molar-refractivity contribution >= 4 is 5.91 Å². The van der Waals surface area contributed by atoms with Crippen molar-refractivity contribution in [2.75, 3.05) is 20.6 Å². The summed E-state index contributed by atoms with van der Waals surface area (Å²) < 4.78 is 0. The Balaban J connectivity index is 1.67. The van der Waals surface area contributed by atoms with Crippen molar-refractivity contribution in [3.8, 4) is 0 Å². The highest BCUT2D eigenvalue weighted by Crippen LogP contribution is 2.67. The molecule has 4 aliphatic rings. The molecule has 3 aliphatic carbocycles. The quantitative estimate of drug-likeness (QED) is 0.477. The second-order valence-electron chi connectivity index (χ2n) is 14.3. The van der Waals surface area contributed by atoms with Crippen LogP contribution in [0.25, 0.3) is 0 Å². The number of aliphatic hydroxyl groups excluding tert-OH is 1. The standard InChI is InChI=1S/C30H54N2O3/c1-19(2)9-8-10-20(3)22-11-12-23-26-24(14-15-28(22,23)4)29(5)16-13-21(33)17-30(29,35)27(34)31-25(26)18-32(6)7/h19-26,33,35H,8-18H2,1-7H3,(H,31,34)/t20-,21+,22-,23+,24+,25?,26+,28-,29-,30+/m1/s1. The van der Waals surface area contributed by atoms with Crippen LogP contribution in [-0.2, 0) is 4.79 Å². The van der Waals surface area contributed by atoms with Crippen LogP contribution in [0.15, 0.2) is 0 Å². The topological polar surface area (TPSA) is 72.8 Å². The Morgan fingerprint density at radius 3 is 2.40 bits per heavy atom. The van der Waals surface area contributed by atoms with Gasteiger partial charge >= 0.3 is 0 Å². The Bertz CT molecular complexity index is 771. The lowest BCUT2D eigenvalue weighted by atomic mass is 9.47. The highest BCUT2D eigenvalue weighted by Gasteiger charge is 2.67. The number of carbonyl (C=O) groups excluding carboxylic acids is 1. The minimum atomic E-state index is -1.48. The Morgan fingerprint density at radius 2 is 1.74 bits per heavy atom. The molecule has 3 N–H and O–H groups in total. The molecule has 0 spiro atoms. The highest BCUT2D eigenvalue weighted by atomic mass is 16.3. The normalized spacial score (nSPS) is 46.5. The van der Waals surface area contributed by atoms with Gasteiger partial charge in [0.1, 0.15) is 0 Å². The fourth-order valence-corrected chi connectivity index (χ4v) is 9.66. The van der Waals surface area contributed by atoms with Crippen LogP contribution in [0.5, 0.6) is 0 Å². The molecule has 202 valence electrons. The highest BCUT2D eigenvalue weighted by molar-refractivity contribution is 5.87. The molecule has 0 bridgehead atoms. The first kappa shape index (κ1) is 27.4. The zero-order chi connectivity index (χ0) is 25.8. The zero-order valence-electron chi connectivity index (χ0n) is 23.6. The molecule has 35 heavy (non-hydrogen) atoms. The van der Waals surface area contributed by atoms with E-state index in [-0.39, 0.29) is 18.4 Å². The molecule has 1 heterocycles. The number of carbonyl (C=O) groups is 1. The van der Waals surface area contributed by atoms with Crippen molar-refractivity contribution in [1.29, 1.82) is 0 Å². The van der Waals surface area contributed by atoms with E-state index < -0.39 is 17.1 Å². The third kappa shape index (κ3) is 4.61. The molecule has 0 aromatic rings. The van der Waals surface area contributed by atoms with Crippen LogP contribution in [0.2, 0.25) is 0 Å². The number of nitrogens with zero attached hydrogens (tertiary/aromatic N) is 1. The van der Waals surface area contributed by atoms with E-state index in [4.69, 9.17) is 0 Å². The summed E-state index contributed by atoms with van der Waals surface area (Å²) in [5, 5.41) is 25.8. The number of nitrogens with one attached hydrogen (secondary N) is 1. The van der Waals surface area contributed by atoms with Gasteiger partial charge in [-0.2, -0.15) is 0 Å². The summed E-state index contributed by atoms with van der Waals surface area (Å²) >= 11 is 0. The maximum atomic E-state index is 13.7. The van der Waals surface area contributed by atoms with E-state index >= 15 is 0 Å². The average molecular weight is 491 g/mol. The summed E-state index contributed by atoms with van der Waals surface area (Å²) in [4.78, 5) is 15.9.